The van der Waals surface area contributed by atoms with E-state index in [1.54, 1.807) is 12.1 Å². The lowest BCUT2D eigenvalue weighted by Gasteiger charge is -2.18. The van der Waals surface area contributed by atoms with Gasteiger partial charge in [-0.3, -0.25) is 0 Å². The molecule has 3 aromatic rings. The molecular weight excluding hydrogens is 331 g/mol. The van der Waals surface area contributed by atoms with Gasteiger partial charge >= 0.3 is 0 Å². The molecule has 0 spiro atoms. The van der Waals surface area contributed by atoms with Gasteiger partial charge in [-0.15, -0.1) is 0 Å². The number of hydrogen-bond acceptors (Lipinski definition) is 0. The van der Waals surface area contributed by atoms with Crippen LogP contribution in [0.2, 0.25) is 5.02 Å². The van der Waals surface area contributed by atoms with Crippen LogP contribution in [0.1, 0.15) is 41.9 Å². The maximum absolute atomic E-state index is 13.5. The highest BCUT2D eigenvalue weighted by atomic mass is 35.5. The molecule has 128 valence electrons. The molecule has 0 unspecified atom stereocenters. The van der Waals surface area contributed by atoms with E-state index in [1.807, 2.05) is 6.07 Å². The average molecular weight is 353 g/mol. The molecular formula is C23H22ClF. The summed E-state index contributed by atoms with van der Waals surface area (Å²) in [5.74, 6) is 0.0787. The first-order valence-corrected chi connectivity index (χ1v) is 9.15. The molecule has 0 saturated heterocycles. The smallest absolute Gasteiger partial charge is 0.142 e. The fraction of sp³-hybridized carbons (Fsp3) is 0.217. The lowest BCUT2D eigenvalue weighted by atomic mass is 9.86. The number of aryl methyl sites for hydroxylation is 1. The van der Waals surface area contributed by atoms with E-state index in [9.17, 15) is 4.39 Å². The zero-order valence-corrected chi connectivity index (χ0v) is 14.9. The van der Waals surface area contributed by atoms with Gasteiger partial charge in [0.15, 0.2) is 0 Å². The lowest BCUT2D eigenvalue weighted by Crippen LogP contribution is -2.01. The van der Waals surface area contributed by atoms with Crippen LogP contribution in [0.15, 0.2) is 78.9 Å². The zero-order chi connectivity index (χ0) is 17.5. The molecule has 0 saturated carbocycles. The Balaban J connectivity index is 1.62. The average Bonchev–Trinajstić information content (AvgIpc) is 2.66. The van der Waals surface area contributed by atoms with Gasteiger partial charge in [-0.2, -0.15) is 0 Å². The van der Waals surface area contributed by atoms with Crippen molar-refractivity contribution in [2.24, 2.45) is 0 Å². The van der Waals surface area contributed by atoms with E-state index in [1.165, 1.54) is 11.1 Å². The van der Waals surface area contributed by atoms with E-state index in [0.717, 1.165) is 31.2 Å². The molecule has 0 radical (unpaired) electrons. The molecule has 0 bridgehead atoms. The van der Waals surface area contributed by atoms with Crippen molar-refractivity contribution in [3.63, 3.8) is 0 Å². The largest absolute Gasteiger partial charge is 0.205 e. The summed E-state index contributed by atoms with van der Waals surface area (Å²) in [6.07, 6.45) is 4.10. The van der Waals surface area contributed by atoms with E-state index >= 15 is 0 Å². The van der Waals surface area contributed by atoms with Crippen LogP contribution in [0.3, 0.4) is 0 Å². The summed E-state index contributed by atoms with van der Waals surface area (Å²) in [4.78, 5) is 0. The van der Waals surface area contributed by atoms with Crippen LogP contribution >= 0.6 is 11.6 Å². The summed E-state index contributed by atoms with van der Waals surface area (Å²) in [6.45, 7) is 0. The molecule has 0 N–H and O–H groups in total. The highest BCUT2D eigenvalue weighted by Gasteiger charge is 2.13. The minimum absolute atomic E-state index is 0.192. The molecule has 2 heteroatoms. The lowest BCUT2D eigenvalue weighted by molar-refractivity contribution is 0.613. The van der Waals surface area contributed by atoms with Crippen molar-refractivity contribution in [1.29, 1.82) is 0 Å². The Labute approximate surface area is 154 Å². The molecule has 0 amide bonds. The quantitative estimate of drug-likeness (QED) is 0.400. The van der Waals surface area contributed by atoms with Gasteiger partial charge in [0.1, 0.15) is 5.82 Å². The number of halogens is 2. The summed E-state index contributed by atoms with van der Waals surface area (Å²) < 4.78 is 13.5. The van der Waals surface area contributed by atoms with Crippen LogP contribution in [-0.2, 0) is 6.42 Å². The maximum Gasteiger partial charge on any atom is 0.142 e. The third kappa shape index (κ3) is 4.93. The van der Waals surface area contributed by atoms with Gasteiger partial charge in [-0.25, -0.2) is 4.39 Å². The third-order valence-electron chi connectivity index (χ3n) is 4.60. The normalized spacial score (nSPS) is 11.0. The number of hydrogen-bond donors (Lipinski definition) is 0. The molecule has 0 heterocycles. The summed E-state index contributed by atoms with van der Waals surface area (Å²) in [5, 5.41) is 0.192. The molecule has 0 aromatic heterocycles. The molecule has 0 aliphatic rings. The van der Waals surface area contributed by atoms with Gasteiger partial charge in [0.2, 0.25) is 0 Å². The maximum atomic E-state index is 13.5. The molecule has 3 rings (SSSR count). The van der Waals surface area contributed by atoms with E-state index in [4.69, 9.17) is 11.6 Å². The van der Waals surface area contributed by atoms with Crippen molar-refractivity contribution < 1.29 is 4.39 Å². The fourth-order valence-electron chi connectivity index (χ4n) is 3.27. The summed E-state index contributed by atoms with van der Waals surface area (Å²) in [6, 6.07) is 26.4. The van der Waals surface area contributed by atoms with Crippen molar-refractivity contribution in [2.75, 3.05) is 0 Å². The second-order valence-corrected chi connectivity index (χ2v) is 6.78. The predicted molar refractivity (Wildman–Crippen MR) is 104 cm³/mol. The molecule has 0 aliphatic carbocycles. The summed E-state index contributed by atoms with van der Waals surface area (Å²) in [5.41, 5.74) is 3.72. The number of rotatable bonds is 7. The van der Waals surface area contributed by atoms with Gasteiger partial charge in [-0.1, -0.05) is 84.8 Å². The predicted octanol–water partition coefficient (Wildman–Crippen LogP) is 7.02. The Morgan fingerprint density at radius 1 is 0.760 bits per heavy atom. The molecule has 3 aromatic carbocycles. The highest BCUT2D eigenvalue weighted by molar-refractivity contribution is 6.30. The Hall–Kier alpha value is -2.12. The third-order valence-corrected chi connectivity index (χ3v) is 4.90. The first-order valence-electron chi connectivity index (χ1n) is 8.78. The first kappa shape index (κ1) is 17.7. The molecule has 25 heavy (non-hydrogen) atoms. The van der Waals surface area contributed by atoms with Crippen molar-refractivity contribution >= 4 is 11.6 Å². The van der Waals surface area contributed by atoms with Gasteiger partial charge in [0.05, 0.1) is 5.02 Å². The number of unbranched alkanes of at least 4 members (excludes halogenated alkanes) is 1. The molecule has 0 atom stereocenters. The van der Waals surface area contributed by atoms with Crippen LogP contribution in [0.5, 0.6) is 0 Å². The van der Waals surface area contributed by atoms with Crippen molar-refractivity contribution in [3.8, 4) is 0 Å². The van der Waals surface area contributed by atoms with Gasteiger partial charge in [0.25, 0.3) is 0 Å². The van der Waals surface area contributed by atoms with Crippen LogP contribution in [0.25, 0.3) is 0 Å². The fourth-order valence-corrected chi connectivity index (χ4v) is 3.39. The first-order chi connectivity index (χ1) is 12.2. The standard InChI is InChI=1S/C23H22ClF/c24-22-16-15-18(17-23(22)25)9-7-8-14-21(19-10-3-1-4-11-19)20-12-5-2-6-13-20/h1-6,10-13,15-17,21H,7-9,14H2. The van der Waals surface area contributed by atoms with Gasteiger partial charge < -0.3 is 0 Å². The molecule has 0 nitrogen and oxygen atoms in total. The topological polar surface area (TPSA) is 0 Å². The minimum atomic E-state index is -0.328. The Morgan fingerprint density at radius 2 is 1.36 bits per heavy atom. The van der Waals surface area contributed by atoms with Crippen LogP contribution < -0.4 is 0 Å². The van der Waals surface area contributed by atoms with Crippen molar-refractivity contribution in [2.45, 2.75) is 31.6 Å². The van der Waals surface area contributed by atoms with E-state index in [0.29, 0.717) is 5.92 Å². The SMILES string of the molecule is Fc1cc(CCCCC(c2ccccc2)c2ccccc2)ccc1Cl. The monoisotopic (exact) mass is 352 g/mol. The van der Waals surface area contributed by atoms with Gasteiger partial charge in [-0.05, 0) is 48.1 Å². The minimum Gasteiger partial charge on any atom is -0.205 e. The second kappa shape index (κ2) is 8.82. The van der Waals surface area contributed by atoms with E-state index in [-0.39, 0.29) is 10.8 Å². The van der Waals surface area contributed by atoms with Crippen molar-refractivity contribution in [1.82, 2.24) is 0 Å². The Kier molecular flexibility index (Phi) is 6.25. The van der Waals surface area contributed by atoms with Crippen LogP contribution in [-0.4, -0.2) is 0 Å². The Morgan fingerprint density at radius 3 is 1.92 bits per heavy atom. The van der Waals surface area contributed by atoms with Crippen molar-refractivity contribution in [3.05, 3.63) is 106 Å². The van der Waals surface area contributed by atoms with Crippen LogP contribution in [0.4, 0.5) is 4.39 Å². The summed E-state index contributed by atoms with van der Waals surface area (Å²) in [7, 11) is 0. The van der Waals surface area contributed by atoms with E-state index in [2.05, 4.69) is 60.7 Å². The van der Waals surface area contributed by atoms with E-state index < -0.39 is 0 Å². The summed E-state index contributed by atoms with van der Waals surface area (Å²) >= 11 is 5.74. The second-order valence-electron chi connectivity index (χ2n) is 6.37. The van der Waals surface area contributed by atoms with Gasteiger partial charge in [0, 0.05) is 5.92 Å². The number of benzene rings is 3. The molecule has 0 aliphatic heterocycles. The Bertz CT molecular complexity index is 744. The van der Waals surface area contributed by atoms with Crippen LogP contribution in [0, 0.1) is 5.82 Å². The molecule has 0 fully saturated rings. The highest BCUT2D eigenvalue weighted by Crippen LogP contribution is 2.30. The zero-order valence-electron chi connectivity index (χ0n) is 14.2.